The predicted octanol–water partition coefficient (Wildman–Crippen LogP) is 2.10. The fraction of sp³-hybridized carbons (Fsp3) is 0.167. The molecule has 1 aromatic carbocycles. The van der Waals surface area contributed by atoms with Crippen molar-refractivity contribution in [2.75, 3.05) is 0 Å². The van der Waals surface area contributed by atoms with E-state index >= 15 is 0 Å². The first kappa shape index (κ1) is 10.4. The second-order valence-electron chi connectivity index (χ2n) is 3.80. The summed E-state index contributed by atoms with van der Waals surface area (Å²) < 4.78 is 4.53. The van der Waals surface area contributed by atoms with Crippen molar-refractivity contribution in [3.63, 3.8) is 0 Å². The summed E-state index contributed by atoms with van der Waals surface area (Å²) in [5.74, 6) is -0.877. The Hall–Kier alpha value is -1.75. The Balaban J connectivity index is 1.90. The van der Waals surface area contributed by atoms with Gasteiger partial charge in [0.2, 0.25) is 0 Å². The largest absolute Gasteiger partial charge is 0.392 e. The number of thioether (sulfide) groups is 1. The van der Waals surface area contributed by atoms with Gasteiger partial charge in [0.05, 0.1) is 6.42 Å². The van der Waals surface area contributed by atoms with E-state index in [1.54, 1.807) is 0 Å². The molecule has 86 valence electrons. The van der Waals surface area contributed by atoms with Gasteiger partial charge in [-0.1, -0.05) is 18.2 Å². The van der Waals surface area contributed by atoms with Crippen molar-refractivity contribution in [3.8, 4) is 0 Å². The zero-order chi connectivity index (χ0) is 11.8. The molecular formula is C12H9NO3S. The van der Waals surface area contributed by atoms with Crippen LogP contribution < -0.4 is 0 Å². The lowest BCUT2D eigenvalue weighted by atomic mass is 10.2. The number of rotatable bonds is 2. The molecule has 1 aromatic heterocycles. The van der Waals surface area contributed by atoms with E-state index in [4.69, 9.17) is 0 Å². The molecule has 5 heteroatoms. The number of fused-ring (bicyclic) bond motifs is 1. The van der Waals surface area contributed by atoms with Crippen LogP contribution in [0, 0.1) is 0 Å². The summed E-state index contributed by atoms with van der Waals surface area (Å²) >= 11 is 1.37. The maximum Gasteiger partial charge on any atom is 0.327 e. The van der Waals surface area contributed by atoms with Crippen LogP contribution in [0.3, 0.4) is 0 Å². The number of aromatic nitrogens is 1. The van der Waals surface area contributed by atoms with Crippen LogP contribution in [0.15, 0.2) is 35.4 Å². The number of cyclic esters (lactones) is 2. The van der Waals surface area contributed by atoms with E-state index in [9.17, 15) is 9.59 Å². The van der Waals surface area contributed by atoms with Crippen LogP contribution >= 0.6 is 11.8 Å². The van der Waals surface area contributed by atoms with Crippen molar-refractivity contribution in [1.82, 2.24) is 4.98 Å². The Morgan fingerprint density at radius 1 is 1.29 bits per heavy atom. The average molecular weight is 247 g/mol. The topological polar surface area (TPSA) is 59.2 Å². The third-order valence-corrected chi connectivity index (χ3v) is 3.89. The van der Waals surface area contributed by atoms with Crippen LogP contribution in [-0.2, 0) is 14.3 Å². The molecule has 4 nitrogen and oxygen atoms in total. The molecular weight excluding hydrogens is 238 g/mol. The van der Waals surface area contributed by atoms with Gasteiger partial charge in [0.1, 0.15) is 5.25 Å². The summed E-state index contributed by atoms with van der Waals surface area (Å²) in [6.07, 6.45) is 2.01. The van der Waals surface area contributed by atoms with E-state index < -0.39 is 17.2 Å². The Bertz CT molecular complexity index is 605. The number of hydrogen-bond donors (Lipinski definition) is 1. The fourth-order valence-corrected chi connectivity index (χ4v) is 2.94. The molecule has 3 rings (SSSR count). The van der Waals surface area contributed by atoms with Crippen LogP contribution in [0.5, 0.6) is 0 Å². The third kappa shape index (κ3) is 1.82. The number of esters is 2. The minimum absolute atomic E-state index is 0.156. The summed E-state index contributed by atoms with van der Waals surface area (Å²) in [5, 5.41) is 0.645. The molecule has 1 aliphatic rings. The van der Waals surface area contributed by atoms with Gasteiger partial charge < -0.3 is 9.72 Å². The number of carbonyl (C=O) groups is 2. The quantitative estimate of drug-likeness (QED) is 0.652. The van der Waals surface area contributed by atoms with E-state index in [1.807, 2.05) is 30.5 Å². The second kappa shape index (κ2) is 3.92. The number of carbonyl (C=O) groups excluding carboxylic acids is 2. The number of nitrogens with one attached hydrogen (secondary N) is 1. The van der Waals surface area contributed by atoms with E-state index in [-0.39, 0.29) is 6.42 Å². The number of para-hydroxylation sites is 1. The maximum atomic E-state index is 11.4. The summed E-state index contributed by atoms with van der Waals surface area (Å²) in [4.78, 5) is 26.5. The minimum Gasteiger partial charge on any atom is -0.392 e. The molecule has 1 unspecified atom stereocenters. The molecule has 0 saturated carbocycles. The smallest absolute Gasteiger partial charge is 0.327 e. The molecule has 1 aliphatic heterocycles. The van der Waals surface area contributed by atoms with Crippen molar-refractivity contribution in [2.45, 2.75) is 16.6 Å². The summed E-state index contributed by atoms with van der Waals surface area (Å²) in [6.45, 7) is 0. The van der Waals surface area contributed by atoms with Gasteiger partial charge in [-0.3, -0.25) is 9.59 Å². The Labute approximate surface area is 101 Å². The molecule has 1 fully saturated rings. The summed E-state index contributed by atoms with van der Waals surface area (Å²) in [7, 11) is 0. The van der Waals surface area contributed by atoms with Gasteiger partial charge >= 0.3 is 11.9 Å². The standard InChI is InChI=1S/C12H9NO3S/c14-11-5-9(12(15)16-11)17-10-6-13-8-4-2-1-3-7(8)10/h1-4,6,9,13H,5H2. The highest BCUT2D eigenvalue weighted by atomic mass is 32.2. The number of hydrogen-bond acceptors (Lipinski definition) is 4. The SMILES string of the molecule is O=C1CC(Sc2c[nH]c3ccccc23)C(=O)O1. The van der Waals surface area contributed by atoms with Crippen LogP contribution in [0.25, 0.3) is 10.9 Å². The highest BCUT2D eigenvalue weighted by Crippen LogP contribution is 2.34. The zero-order valence-electron chi connectivity index (χ0n) is 8.80. The average Bonchev–Trinajstić information content (AvgIpc) is 2.85. The van der Waals surface area contributed by atoms with E-state index in [2.05, 4.69) is 9.72 Å². The Morgan fingerprint density at radius 2 is 2.12 bits per heavy atom. The van der Waals surface area contributed by atoms with Gasteiger partial charge in [-0.2, -0.15) is 0 Å². The number of aromatic amines is 1. The first-order valence-corrected chi connectivity index (χ1v) is 6.09. The van der Waals surface area contributed by atoms with Crippen LogP contribution in [0.2, 0.25) is 0 Å². The molecule has 0 aliphatic carbocycles. The van der Waals surface area contributed by atoms with Gasteiger partial charge in [0.15, 0.2) is 0 Å². The summed E-state index contributed by atoms with van der Waals surface area (Å²) in [6, 6.07) is 7.84. The van der Waals surface area contributed by atoms with Gasteiger partial charge in [0, 0.05) is 22.0 Å². The molecule has 1 saturated heterocycles. The fourth-order valence-electron chi connectivity index (χ4n) is 1.84. The maximum absolute atomic E-state index is 11.4. The molecule has 2 heterocycles. The highest BCUT2D eigenvalue weighted by Gasteiger charge is 2.34. The molecule has 0 radical (unpaired) electrons. The van der Waals surface area contributed by atoms with Crippen molar-refractivity contribution in [3.05, 3.63) is 30.5 Å². The first-order valence-electron chi connectivity index (χ1n) is 5.21. The molecule has 0 amide bonds. The van der Waals surface area contributed by atoms with Crippen molar-refractivity contribution in [2.24, 2.45) is 0 Å². The first-order chi connectivity index (χ1) is 8.24. The second-order valence-corrected chi connectivity index (χ2v) is 5.05. The van der Waals surface area contributed by atoms with Crippen molar-refractivity contribution >= 4 is 34.6 Å². The van der Waals surface area contributed by atoms with Crippen LogP contribution in [0.1, 0.15) is 6.42 Å². The monoisotopic (exact) mass is 247 g/mol. The van der Waals surface area contributed by atoms with Gasteiger partial charge in [-0.15, -0.1) is 11.8 Å². The number of H-pyrrole nitrogens is 1. The van der Waals surface area contributed by atoms with Crippen LogP contribution in [0.4, 0.5) is 0 Å². The van der Waals surface area contributed by atoms with Gasteiger partial charge in [0.25, 0.3) is 0 Å². The third-order valence-electron chi connectivity index (χ3n) is 2.65. The lowest BCUT2D eigenvalue weighted by Gasteiger charge is -2.02. The minimum atomic E-state index is -0.440. The number of benzene rings is 1. The van der Waals surface area contributed by atoms with E-state index in [0.717, 1.165) is 15.8 Å². The highest BCUT2D eigenvalue weighted by molar-refractivity contribution is 8.00. The van der Waals surface area contributed by atoms with Gasteiger partial charge in [-0.05, 0) is 6.07 Å². The molecule has 17 heavy (non-hydrogen) atoms. The van der Waals surface area contributed by atoms with Crippen molar-refractivity contribution in [1.29, 1.82) is 0 Å². The van der Waals surface area contributed by atoms with E-state index in [0.29, 0.717) is 0 Å². The molecule has 1 N–H and O–H groups in total. The van der Waals surface area contributed by atoms with Crippen LogP contribution in [-0.4, -0.2) is 22.2 Å². The molecule has 0 bridgehead atoms. The Kier molecular flexibility index (Phi) is 2.40. The summed E-state index contributed by atoms with van der Waals surface area (Å²) in [5.41, 5.74) is 1.02. The lowest BCUT2D eigenvalue weighted by molar-refractivity contribution is -0.151. The van der Waals surface area contributed by atoms with Crippen molar-refractivity contribution < 1.29 is 14.3 Å². The molecule has 1 atom stereocenters. The number of ether oxygens (including phenoxy) is 1. The molecule has 0 spiro atoms. The Morgan fingerprint density at radius 3 is 2.88 bits per heavy atom. The van der Waals surface area contributed by atoms with E-state index in [1.165, 1.54) is 11.8 Å². The normalized spacial score (nSPS) is 19.9. The molecule has 2 aromatic rings. The predicted molar refractivity (Wildman–Crippen MR) is 63.7 cm³/mol. The van der Waals surface area contributed by atoms with Gasteiger partial charge in [-0.25, -0.2) is 0 Å². The zero-order valence-corrected chi connectivity index (χ0v) is 9.62. The lowest BCUT2D eigenvalue weighted by Crippen LogP contribution is -2.08.